The molecule has 0 bridgehead atoms. The van der Waals surface area contributed by atoms with E-state index < -0.39 is 11.6 Å². The van der Waals surface area contributed by atoms with Crippen LogP contribution in [0.15, 0.2) is 18.2 Å². The molecule has 2 rings (SSSR count). The van der Waals surface area contributed by atoms with Gasteiger partial charge in [-0.3, -0.25) is 4.90 Å². The van der Waals surface area contributed by atoms with E-state index in [9.17, 15) is 13.9 Å². The van der Waals surface area contributed by atoms with Crippen LogP contribution >= 0.6 is 0 Å². The summed E-state index contributed by atoms with van der Waals surface area (Å²) in [5, 5.41) is 9.59. The summed E-state index contributed by atoms with van der Waals surface area (Å²) < 4.78 is 26.4. The van der Waals surface area contributed by atoms with E-state index in [-0.39, 0.29) is 12.1 Å². The Labute approximate surface area is 99.9 Å². The lowest BCUT2D eigenvalue weighted by Crippen LogP contribution is -2.39. The summed E-state index contributed by atoms with van der Waals surface area (Å²) in [5.41, 5.74) is 0.487. The van der Waals surface area contributed by atoms with Crippen LogP contribution in [0, 0.1) is 11.6 Å². The Bertz CT molecular complexity index is 397. The molecule has 1 aliphatic rings. The van der Waals surface area contributed by atoms with E-state index >= 15 is 0 Å². The molecule has 1 N–H and O–H groups in total. The topological polar surface area (TPSA) is 23.5 Å². The molecule has 1 aromatic carbocycles. The van der Waals surface area contributed by atoms with Crippen molar-refractivity contribution in [1.29, 1.82) is 0 Å². The van der Waals surface area contributed by atoms with E-state index in [1.165, 1.54) is 12.1 Å². The monoisotopic (exact) mass is 241 g/mol. The number of hydrogen-bond acceptors (Lipinski definition) is 2. The Morgan fingerprint density at radius 2 is 2.18 bits per heavy atom. The molecular weight excluding hydrogens is 224 g/mol. The van der Waals surface area contributed by atoms with Crippen molar-refractivity contribution in [2.75, 3.05) is 13.1 Å². The minimum Gasteiger partial charge on any atom is -0.392 e. The van der Waals surface area contributed by atoms with Crippen molar-refractivity contribution in [3.8, 4) is 0 Å². The number of β-amino-alcohol motifs (C(OH)–C–C–N with tert-alkyl or cyclic N) is 1. The first-order valence-corrected chi connectivity index (χ1v) is 5.95. The van der Waals surface area contributed by atoms with Crippen molar-refractivity contribution < 1.29 is 13.9 Å². The lowest BCUT2D eigenvalue weighted by Gasteiger charge is -2.35. The van der Waals surface area contributed by atoms with Crippen molar-refractivity contribution in [3.05, 3.63) is 35.4 Å². The van der Waals surface area contributed by atoms with Gasteiger partial charge in [0.05, 0.1) is 6.10 Å². The van der Waals surface area contributed by atoms with Crippen LogP contribution in [-0.2, 0) is 0 Å². The van der Waals surface area contributed by atoms with E-state index in [0.717, 1.165) is 25.5 Å². The molecular formula is C13H17F2NO. The minimum absolute atomic E-state index is 0.134. The number of hydrogen-bond donors (Lipinski definition) is 1. The van der Waals surface area contributed by atoms with Crippen molar-refractivity contribution in [2.24, 2.45) is 0 Å². The van der Waals surface area contributed by atoms with Gasteiger partial charge < -0.3 is 5.11 Å². The highest BCUT2D eigenvalue weighted by atomic mass is 19.1. The summed E-state index contributed by atoms with van der Waals surface area (Å²) in [4.78, 5) is 2.03. The first-order chi connectivity index (χ1) is 8.08. The molecule has 2 atom stereocenters. The molecule has 1 fully saturated rings. The van der Waals surface area contributed by atoms with Crippen LogP contribution in [0.25, 0.3) is 0 Å². The Kier molecular flexibility index (Phi) is 3.74. The second-order valence-electron chi connectivity index (χ2n) is 4.63. The fraction of sp³-hybridized carbons (Fsp3) is 0.538. The summed E-state index contributed by atoms with van der Waals surface area (Å²) in [6.45, 7) is 3.28. The molecule has 1 aromatic rings. The fourth-order valence-electron chi connectivity index (χ4n) is 2.37. The molecule has 0 aromatic heterocycles. The SMILES string of the molecule is CC(c1ccc(F)cc1F)N1CCCC(O)C1. The number of piperidine rings is 1. The number of aliphatic hydroxyl groups is 1. The maximum absolute atomic E-state index is 13.6. The van der Waals surface area contributed by atoms with Gasteiger partial charge in [0.2, 0.25) is 0 Å². The average molecular weight is 241 g/mol. The van der Waals surface area contributed by atoms with Crippen molar-refractivity contribution in [1.82, 2.24) is 4.90 Å². The number of halogens is 2. The molecule has 2 unspecified atom stereocenters. The van der Waals surface area contributed by atoms with Gasteiger partial charge >= 0.3 is 0 Å². The van der Waals surface area contributed by atoms with Crippen LogP contribution < -0.4 is 0 Å². The normalized spacial score (nSPS) is 23.6. The highest BCUT2D eigenvalue weighted by Crippen LogP contribution is 2.26. The van der Waals surface area contributed by atoms with E-state index in [4.69, 9.17) is 0 Å². The first-order valence-electron chi connectivity index (χ1n) is 5.95. The third kappa shape index (κ3) is 2.82. The predicted octanol–water partition coefficient (Wildman–Crippen LogP) is 2.48. The highest BCUT2D eigenvalue weighted by molar-refractivity contribution is 5.21. The van der Waals surface area contributed by atoms with E-state index in [2.05, 4.69) is 0 Å². The van der Waals surface area contributed by atoms with Gasteiger partial charge in [0.1, 0.15) is 11.6 Å². The number of nitrogens with zero attached hydrogens (tertiary/aromatic N) is 1. The lowest BCUT2D eigenvalue weighted by atomic mass is 10.0. The van der Waals surface area contributed by atoms with E-state index in [1.807, 2.05) is 11.8 Å². The van der Waals surface area contributed by atoms with Gasteiger partial charge in [0.15, 0.2) is 0 Å². The summed E-state index contributed by atoms with van der Waals surface area (Å²) in [6.07, 6.45) is 1.37. The molecule has 0 amide bonds. The Morgan fingerprint density at radius 3 is 2.82 bits per heavy atom. The molecule has 0 spiro atoms. The lowest BCUT2D eigenvalue weighted by molar-refractivity contribution is 0.0495. The van der Waals surface area contributed by atoms with Gasteiger partial charge in [-0.25, -0.2) is 8.78 Å². The van der Waals surface area contributed by atoms with Gasteiger partial charge in [-0.1, -0.05) is 6.07 Å². The summed E-state index contributed by atoms with van der Waals surface area (Å²) in [6, 6.07) is 3.53. The molecule has 4 heteroatoms. The van der Waals surface area contributed by atoms with Crippen molar-refractivity contribution in [2.45, 2.75) is 31.9 Å². The van der Waals surface area contributed by atoms with Crippen LogP contribution in [0.5, 0.6) is 0 Å². The van der Waals surface area contributed by atoms with E-state index in [1.54, 1.807) is 0 Å². The third-order valence-corrected chi connectivity index (χ3v) is 3.39. The largest absolute Gasteiger partial charge is 0.392 e. The third-order valence-electron chi connectivity index (χ3n) is 3.39. The predicted molar refractivity (Wildman–Crippen MR) is 61.6 cm³/mol. The molecule has 1 heterocycles. The van der Waals surface area contributed by atoms with Crippen molar-refractivity contribution in [3.63, 3.8) is 0 Å². The summed E-state index contributed by atoms with van der Waals surface area (Å²) >= 11 is 0. The maximum atomic E-state index is 13.6. The van der Waals surface area contributed by atoms with Gasteiger partial charge in [0, 0.05) is 24.2 Å². The van der Waals surface area contributed by atoms with Crippen LogP contribution in [0.3, 0.4) is 0 Å². The number of likely N-dealkylation sites (tertiary alicyclic amines) is 1. The van der Waals surface area contributed by atoms with Crippen LogP contribution in [0.1, 0.15) is 31.4 Å². The standard InChI is InChI=1S/C13H17F2NO/c1-9(16-6-2-3-11(17)8-16)12-5-4-10(14)7-13(12)15/h4-5,7,9,11,17H,2-3,6,8H2,1H3. The van der Waals surface area contributed by atoms with Crippen LogP contribution in [-0.4, -0.2) is 29.2 Å². The Morgan fingerprint density at radius 1 is 1.41 bits per heavy atom. The number of benzene rings is 1. The minimum atomic E-state index is -0.558. The number of aliphatic hydroxyl groups excluding tert-OH is 1. The summed E-state index contributed by atoms with van der Waals surface area (Å²) in [5.74, 6) is -1.07. The molecule has 2 nitrogen and oxygen atoms in total. The zero-order chi connectivity index (χ0) is 12.4. The molecule has 1 saturated heterocycles. The molecule has 17 heavy (non-hydrogen) atoms. The average Bonchev–Trinajstić information content (AvgIpc) is 2.28. The second-order valence-corrected chi connectivity index (χ2v) is 4.63. The quantitative estimate of drug-likeness (QED) is 0.860. The first kappa shape index (κ1) is 12.5. The van der Waals surface area contributed by atoms with Gasteiger partial charge in [0.25, 0.3) is 0 Å². The van der Waals surface area contributed by atoms with Gasteiger partial charge in [-0.05, 0) is 32.4 Å². The smallest absolute Gasteiger partial charge is 0.130 e. The van der Waals surface area contributed by atoms with Crippen LogP contribution in [0.2, 0.25) is 0 Å². The Balaban J connectivity index is 2.15. The second kappa shape index (κ2) is 5.10. The molecule has 0 saturated carbocycles. The molecule has 94 valence electrons. The summed E-state index contributed by atoms with van der Waals surface area (Å²) in [7, 11) is 0. The Hall–Kier alpha value is -1.00. The van der Waals surface area contributed by atoms with Crippen molar-refractivity contribution >= 4 is 0 Å². The van der Waals surface area contributed by atoms with Crippen LogP contribution in [0.4, 0.5) is 8.78 Å². The van der Waals surface area contributed by atoms with E-state index in [0.29, 0.717) is 12.1 Å². The zero-order valence-electron chi connectivity index (χ0n) is 9.87. The fourth-order valence-corrected chi connectivity index (χ4v) is 2.37. The molecule has 1 aliphatic heterocycles. The zero-order valence-corrected chi connectivity index (χ0v) is 9.87. The maximum Gasteiger partial charge on any atom is 0.130 e. The van der Waals surface area contributed by atoms with Gasteiger partial charge in [-0.15, -0.1) is 0 Å². The highest BCUT2D eigenvalue weighted by Gasteiger charge is 2.24. The molecule has 0 aliphatic carbocycles. The van der Waals surface area contributed by atoms with Gasteiger partial charge in [-0.2, -0.15) is 0 Å². The number of rotatable bonds is 2. The molecule has 0 radical (unpaired) electrons.